The molecule has 0 radical (unpaired) electrons. The highest BCUT2D eigenvalue weighted by Crippen LogP contribution is 2.27. The van der Waals surface area contributed by atoms with E-state index < -0.39 is 5.91 Å². The molecular formula is C19H29N5O2. The third-order valence-corrected chi connectivity index (χ3v) is 5.39. The molecule has 7 nitrogen and oxygen atoms in total. The third-order valence-electron chi connectivity index (χ3n) is 5.39. The van der Waals surface area contributed by atoms with Crippen molar-refractivity contribution in [2.24, 2.45) is 5.92 Å². The van der Waals surface area contributed by atoms with Crippen LogP contribution < -0.4 is 10.8 Å². The van der Waals surface area contributed by atoms with Crippen molar-refractivity contribution in [3.63, 3.8) is 0 Å². The summed E-state index contributed by atoms with van der Waals surface area (Å²) in [4.78, 5) is 22.1. The van der Waals surface area contributed by atoms with Gasteiger partial charge in [0.1, 0.15) is 5.82 Å². The first-order valence-electron chi connectivity index (χ1n) is 9.66. The molecule has 0 unspecified atom stereocenters. The summed E-state index contributed by atoms with van der Waals surface area (Å²) < 4.78 is 0. The summed E-state index contributed by atoms with van der Waals surface area (Å²) in [6, 6.07) is 0.414. The SMILES string of the molecule is O=C(C=Cc1cnc(N[C@@H]2CCN(CCC3CCCCC3)C2)cn1)NO. The first kappa shape index (κ1) is 18.8. The van der Waals surface area contributed by atoms with E-state index in [2.05, 4.69) is 20.2 Å². The fraction of sp³-hybridized carbons (Fsp3) is 0.632. The van der Waals surface area contributed by atoms with Gasteiger partial charge in [-0.25, -0.2) is 10.5 Å². The van der Waals surface area contributed by atoms with E-state index in [-0.39, 0.29) is 0 Å². The van der Waals surface area contributed by atoms with E-state index in [9.17, 15) is 4.79 Å². The highest BCUT2D eigenvalue weighted by Gasteiger charge is 2.23. The van der Waals surface area contributed by atoms with Gasteiger partial charge in [-0.15, -0.1) is 0 Å². The largest absolute Gasteiger partial charge is 0.365 e. The maximum atomic E-state index is 11.0. The average Bonchev–Trinajstić information content (AvgIpc) is 3.13. The van der Waals surface area contributed by atoms with Gasteiger partial charge in [-0.1, -0.05) is 32.1 Å². The Morgan fingerprint density at radius 1 is 1.23 bits per heavy atom. The van der Waals surface area contributed by atoms with Crippen molar-refractivity contribution in [3.05, 3.63) is 24.2 Å². The van der Waals surface area contributed by atoms with Crippen molar-refractivity contribution in [1.82, 2.24) is 20.3 Å². The van der Waals surface area contributed by atoms with Crippen LogP contribution in [0.25, 0.3) is 6.08 Å². The van der Waals surface area contributed by atoms with Gasteiger partial charge >= 0.3 is 0 Å². The lowest BCUT2D eigenvalue weighted by Crippen LogP contribution is -2.28. The Bertz CT molecular complexity index is 598. The molecule has 0 aromatic carbocycles. The van der Waals surface area contributed by atoms with Gasteiger partial charge in [-0.2, -0.15) is 0 Å². The van der Waals surface area contributed by atoms with Crippen LogP contribution in [0.4, 0.5) is 5.82 Å². The molecule has 7 heteroatoms. The second-order valence-corrected chi connectivity index (χ2v) is 7.36. The van der Waals surface area contributed by atoms with Crippen LogP contribution in [0.3, 0.4) is 0 Å². The number of hydroxylamine groups is 1. The standard InChI is InChI=1S/C19H29N5O2/c25-19(23-26)7-6-16-12-21-18(13-20-16)22-17-9-11-24(14-17)10-8-15-4-2-1-3-5-15/h6-7,12-13,15,17,26H,1-5,8-11,14H2,(H,21,22)(H,23,25)/t17-/m1/s1. The molecule has 0 spiro atoms. The van der Waals surface area contributed by atoms with Gasteiger partial charge in [0, 0.05) is 25.2 Å². The Kier molecular flexibility index (Phi) is 6.96. The molecule has 3 N–H and O–H groups in total. The van der Waals surface area contributed by atoms with Crippen molar-refractivity contribution in [3.8, 4) is 0 Å². The van der Waals surface area contributed by atoms with Gasteiger partial charge in [0.2, 0.25) is 0 Å². The molecule has 2 fully saturated rings. The molecule has 0 bridgehead atoms. The molecule has 2 heterocycles. The molecule has 1 aromatic rings. The van der Waals surface area contributed by atoms with Crippen molar-refractivity contribution < 1.29 is 10.0 Å². The topological polar surface area (TPSA) is 90.4 Å². The Morgan fingerprint density at radius 3 is 2.81 bits per heavy atom. The number of carbonyl (C=O) groups excluding carboxylic acids is 1. The molecule has 2 aliphatic rings. The van der Waals surface area contributed by atoms with Gasteiger partial charge in [0.05, 0.1) is 18.1 Å². The number of nitrogens with zero attached hydrogens (tertiary/aromatic N) is 3. The minimum absolute atomic E-state index is 0.414. The van der Waals surface area contributed by atoms with Gasteiger partial charge in [0.15, 0.2) is 0 Å². The number of hydrogen-bond donors (Lipinski definition) is 3. The summed E-state index contributed by atoms with van der Waals surface area (Å²) >= 11 is 0. The highest BCUT2D eigenvalue weighted by molar-refractivity contribution is 5.90. The lowest BCUT2D eigenvalue weighted by atomic mass is 9.87. The second kappa shape index (κ2) is 9.64. The lowest BCUT2D eigenvalue weighted by Gasteiger charge is -2.24. The van der Waals surface area contributed by atoms with Crippen LogP contribution in [0, 0.1) is 5.92 Å². The van der Waals surface area contributed by atoms with Crippen molar-refractivity contribution in [2.75, 3.05) is 25.0 Å². The molecule has 1 aliphatic carbocycles. The summed E-state index contributed by atoms with van der Waals surface area (Å²) in [6.07, 6.45) is 15.6. The lowest BCUT2D eigenvalue weighted by molar-refractivity contribution is -0.124. The van der Waals surface area contributed by atoms with Crippen molar-refractivity contribution >= 4 is 17.8 Å². The summed E-state index contributed by atoms with van der Waals surface area (Å²) in [5, 5.41) is 11.9. The van der Waals surface area contributed by atoms with Crippen LogP contribution in [0.15, 0.2) is 18.5 Å². The Labute approximate surface area is 154 Å². The zero-order chi connectivity index (χ0) is 18.2. The van der Waals surface area contributed by atoms with Gasteiger partial charge < -0.3 is 10.2 Å². The number of aromatic nitrogens is 2. The summed E-state index contributed by atoms with van der Waals surface area (Å²) in [5.41, 5.74) is 2.11. The number of carbonyl (C=O) groups is 1. The molecule has 1 aliphatic heterocycles. The minimum atomic E-state index is -0.590. The molecule has 1 saturated heterocycles. The zero-order valence-electron chi connectivity index (χ0n) is 15.2. The first-order valence-corrected chi connectivity index (χ1v) is 9.66. The normalized spacial score (nSPS) is 22.0. The fourth-order valence-electron chi connectivity index (χ4n) is 3.90. The van der Waals surface area contributed by atoms with Gasteiger partial charge in [-0.3, -0.25) is 15.0 Å². The van der Waals surface area contributed by atoms with Gasteiger partial charge in [0.25, 0.3) is 5.91 Å². The van der Waals surface area contributed by atoms with Crippen LogP contribution in [0.1, 0.15) is 50.6 Å². The quantitative estimate of drug-likeness (QED) is 0.394. The zero-order valence-corrected chi connectivity index (χ0v) is 15.2. The molecule has 1 atom stereocenters. The second-order valence-electron chi connectivity index (χ2n) is 7.36. The monoisotopic (exact) mass is 359 g/mol. The highest BCUT2D eigenvalue weighted by atomic mass is 16.5. The molecule has 1 saturated carbocycles. The summed E-state index contributed by atoms with van der Waals surface area (Å²) in [5.74, 6) is 1.11. The smallest absolute Gasteiger partial charge is 0.267 e. The fourth-order valence-corrected chi connectivity index (χ4v) is 3.90. The Morgan fingerprint density at radius 2 is 2.08 bits per heavy atom. The van der Waals surface area contributed by atoms with E-state index >= 15 is 0 Å². The molecule has 1 amide bonds. The predicted molar refractivity (Wildman–Crippen MR) is 101 cm³/mol. The summed E-state index contributed by atoms with van der Waals surface area (Å²) in [6.45, 7) is 3.42. The Balaban J connectivity index is 1.40. The third kappa shape index (κ3) is 5.78. The molecule has 142 valence electrons. The maximum absolute atomic E-state index is 11.0. The number of anilines is 1. The number of amides is 1. The van der Waals surface area contributed by atoms with Crippen molar-refractivity contribution in [1.29, 1.82) is 0 Å². The predicted octanol–water partition coefficient (Wildman–Crippen LogP) is 2.45. The maximum Gasteiger partial charge on any atom is 0.267 e. The van der Waals surface area contributed by atoms with E-state index in [1.165, 1.54) is 62.7 Å². The summed E-state index contributed by atoms with van der Waals surface area (Å²) in [7, 11) is 0. The van der Waals surface area contributed by atoms with E-state index in [0.29, 0.717) is 11.7 Å². The number of nitrogens with one attached hydrogen (secondary N) is 2. The van der Waals surface area contributed by atoms with Crippen molar-refractivity contribution in [2.45, 2.75) is 51.0 Å². The van der Waals surface area contributed by atoms with E-state index in [4.69, 9.17) is 5.21 Å². The van der Waals surface area contributed by atoms with Gasteiger partial charge in [-0.05, 0) is 31.4 Å². The average molecular weight is 359 g/mol. The number of likely N-dealkylation sites (tertiary alicyclic amines) is 1. The van der Waals surface area contributed by atoms with Crippen LogP contribution in [-0.4, -0.2) is 51.7 Å². The van der Waals surface area contributed by atoms with Crippen LogP contribution in [-0.2, 0) is 4.79 Å². The molecule has 3 rings (SSSR count). The molecule has 1 aromatic heterocycles. The van der Waals surface area contributed by atoms with Crippen LogP contribution in [0.2, 0.25) is 0 Å². The minimum Gasteiger partial charge on any atom is -0.365 e. The Hall–Kier alpha value is -1.99. The number of rotatable bonds is 7. The van der Waals surface area contributed by atoms with E-state index in [0.717, 1.165) is 31.2 Å². The van der Waals surface area contributed by atoms with Crippen LogP contribution in [0.5, 0.6) is 0 Å². The number of hydrogen-bond acceptors (Lipinski definition) is 6. The molecule has 26 heavy (non-hydrogen) atoms. The van der Waals surface area contributed by atoms with Crippen LogP contribution >= 0.6 is 0 Å². The first-order chi connectivity index (χ1) is 12.7. The molecular weight excluding hydrogens is 330 g/mol. The van der Waals surface area contributed by atoms with E-state index in [1.54, 1.807) is 12.4 Å². The van der Waals surface area contributed by atoms with E-state index in [1.807, 2.05) is 0 Å².